The Balaban J connectivity index is 1.94. The van der Waals surface area contributed by atoms with Crippen molar-refractivity contribution in [2.45, 2.75) is 45.3 Å². The van der Waals surface area contributed by atoms with Crippen molar-refractivity contribution in [3.05, 3.63) is 0 Å². The zero-order valence-electron chi connectivity index (χ0n) is 9.83. The van der Waals surface area contributed by atoms with Gasteiger partial charge >= 0.3 is 0 Å². The SMILES string of the molecule is CC(C)OCCCNC1CCS(=O)CC1. The molecular weight excluding hydrogens is 210 g/mol. The molecule has 0 saturated carbocycles. The second kappa shape index (κ2) is 7.36. The standard InChI is InChI=1S/C11H23NO2S/c1-10(2)14-7-3-6-12-11-4-8-15(13)9-5-11/h10-12H,3-9H2,1-2H3. The van der Waals surface area contributed by atoms with E-state index in [2.05, 4.69) is 19.2 Å². The van der Waals surface area contributed by atoms with Crippen LogP contribution in [0.25, 0.3) is 0 Å². The van der Waals surface area contributed by atoms with Crippen molar-refractivity contribution in [3.8, 4) is 0 Å². The van der Waals surface area contributed by atoms with Crippen LogP contribution >= 0.6 is 0 Å². The van der Waals surface area contributed by atoms with Crippen molar-refractivity contribution in [1.29, 1.82) is 0 Å². The lowest BCUT2D eigenvalue weighted by atomic mass is 10.1. The lowest BCUT2D eigenvalue weighted by molar-refractivity contribution is 0.0766. The quantitative estimate of drug-likeness (QED) is 0.703. The summed E-state index contributed by atoms with van der Waals surface area (Å²) in [7, 11) is -0.541. The van der Waals surface area contributed by atoms with Crippen molar-refractivity contribution in [2.24, 2.45) is 0 Å². The smallest absolute Gasteiger partial charge is 0.0518 e. The molecule has 0 aliphatic carbocycles. The fourth-order valence-corrected chi connectivity index (χ4v) is 2.99. The first-order valence-corrected chi connectivity index (χ1v) is 7.37. The summed E-state index contributed by atoms with van der Waals surface area (Å²) in [4.78, 5) is 0. The van der Waals surface area contributed by atoms with Crippen LogP contribution in [0.3, 0.4) is 0 Å². The minimum atomic E-state index is -0.541. The number of ether oxygens (including phenoxy) is 1. The molecule has 0 atom stereocenters. The fourth-order valence-electron chi connectivity index (χ4n) is 1.70. The molecule has 1 heterocycles. The van der Waals surface area contributed by atoms with Gasteiger partial charge in [0.05, 0.1) is 6.10 Å². The normalized spacial score (nSPS) is 27.1. The Morgan fingerprint density at radius 3 is 2.67 bits per heavy atom. The maximum absolute atomic E-state index is 11.1. The van der Waals surface area contributed by atoms with Crippen molar-refractivity contribution >= 4 is 10.8 Å². The number of rotatable bonds is 6. The molecule has 1 N–H and O–H groups in total. The van der Waals surface area contributed by atoms with Crippen molar-refractivity contribution in [3.63, 3.8) is 0 Å². The van der Waals surface area contributed by atoms with Gasteiger partial charge in [0.1, 0.15) is 0 Å². The third kappa shape index (κ3) is 6.28. The van der Waals surface area contributed by atoms with Gasteiger partial charge < -0.3 is 10.1 Å². The van der Waals surface area contributed by atoms with Crippen LogP contribution in [-0.2, 0) is 15.5 Å². The summed E-state index contributed by atoms with van der Waals surface area (Å²) in [6, 6.07) is 0.585. The summed E-state index contributed by atoms with van der Waals surface area (Å²) < 4.78 is 16.6. The molecule has 4 heteroatoms. The number of hydrogen-bond acceptors (Lipinski definition) is 3. The molecule has 90 valence electrons. The zero-order valence-corrected chi connectivity index (χ0v) is 10.6. The first-order valence-electron chi connectivity index (χ1n) is 5.88. The van der Waals surface area contributed by atoms with Gasteiger partial charge in [-0.3, -0.25) is 4.21 Å². The molecule has 1 aliphatic heterocycles. The van der Waals surface area contributed by atoms with E-state index in [1.807, 2.05) is 0 Å². The largest absolute Gasteiger partial charge is 0.379 e. The van der Waals surface area contributed by atoms with Crippen LogP contribution < -0.4 is 5.32 Å². The van der Waals surface area contributed by atoms with Gasteiger partial charge in [-0.15, -0.1) is 0 Å². The highest BCUT2D eigenvalue weighted by atomic mass is 32.2. The monoisotopic (exact) mass is 233 g/mol. The lowest BCUT2D eigenvalue weighted by Crippen LogP contribution is -2.36. The van der Waals surface area contributed by atoms with Crippen LogP contribution in [0, 0.1) is 0 Å². The first-order chi connectivity index (χ1) is 7.18. The van der Waals surface area contributed by atoms with Gasteiger partial charge in [-0.05, 0) is 39.7 Å². The minimum absolute atomic E-state index is 0.335. The summed E-state index contributed by atoms with van der Waals surface area (Å²) in [6.07, 6.45) is 3.54. The van der Waals surface area contributed by atoms with E-state index in [9.17, 15) is 4.21 Å². The topological polar surface area (TPSA) is 38.3 Å². The first kappa shape index (κ1) is 13.1. The third-order valence-corrected chi connectivity index (χ3v) is 3.98. The average molecular weight is 233 g/mol. The summed E-state index contributed by atoms with van der Waals surface area (Å²) in [5.74, 6) is 1.75. The molecule has 15 heavy (non-hydrogen) atoms. The molecule has 0 aromatic rings. The summed E-state index contributed by atoms with van der Waals surface area (Å²) >= 11 is 0. The van der Waals surface area contributed by atoms with Gasteiger partial charge in [-0.1, -0.05) is 0 Å². The summed E-state index contributed by atoms with van der Waals surface area (Å²) in [5.41, 5.74) is 0. The van der Waals surface area contributed by atoms with E-state index in [4.69, 9.17) is 4.74 Å². The van der Waals surface area contributed by atoms with E-state index in [-0.39, 0.29) is 0 Å². The maximum atomic E-state index is 11.1. The van der Waals surface area contributed by atoms with Crippen LogP contribution in [0.15, 0.2) is 0 Å². The molecule has 3 nitrogen and oxygen atoms in total. The van der Waals surface area contributed by atoms with Crippen molar-refractivity contribution in [1.82, 2.24) is 5.32 Å². The van der Waals surface area contributed by atoms with E-state index in [1.54, 1.807) is 0 Å². The third-order valence-electron chi connectivity index (χ3n) is 2.59. The van der Waals surface area contributed by atoms with E-state index in [0.717, 1.165) is 43.9 Å². The summed E-state index contributed by atoms with van der Waals surface area (Å²) in [5, 5.41) is 3.50. The second-order valence-corrected chi connectivity index (χ2v) is 6.05. The Hall–Kier alpha value is 0.0700. The Kier molecular flexibility index (Phi) is 6.45. The molecule has 0 radical (unpaired) electrons. The Bertz CT molecular complexity index is 187. The van der Waals surface area contributed by atoms with E-state index in [0.29, 0.717) is 12.1 Å². The van der Waals surface area contributed by atoms with Crippen molar-refractivity contribution in [2.75, 3.05) is 24.7 Å². The fraction of sp³-hybridized carbons (Fsp3) is 1.00. The highest BCUT2D eigenvalue weighted by Gasteiger charge is 2.16. The van der Waals surface area contributed by atoms with Gasteiger partial charge in [0.25, 0.3) is 0 Å². The minimum Gasteiger partial charge on any atom is -0.379 e. The average Bonchev–Trinajstić information content (AvgIpc) is 2.20. The van der Waals surface area contributed by atoms with E-state index >= 15 is 0 Å². The van der Waals surface area contributed by atoms with E-state index < -0.39 is 10.8 Å². The van der Waals surface area contributed by atoms with Gasteiger partial charge in [-0.25, -0.2) is 0 Å². The Morgan fingerprint density at radius 1 is 1.40 bits per heavy atom. The highest BCUT2D eigenvalue weighted by Crippen LogP contribution is 2.08. The maximum Gasteiger partial charge on any atom is 0.0518 e. The molecule has 1 saturated heterocycles. The van der Waals surface area contributed by atoms with Crippen LogP contribution in [0.1, 0.15) is 33.1 Å². The molecule has 0 unspecified atom stereocenters. The van der Waals surface area contributed by atoms with Crippen LogP contribution in [-0.4, -0.2) is 41.0 Å². The van der Waals surface area contributed by atoms with Gasteiger partial charge in [-0.2, -0.15) is 0 Å². The van der Waals surface area contributed by atoms with Crippen LogP contribution in [0.4, 0.5) is 0 Å². The molecule has 1 fully saturated rings. The molecule has 1 rings (SSSR count). The van der Waals surface area contributed by atoms with E-state index in [1.165, 1.54) is 0 Å². The predicted molar refractivity (Wildman–Crippen MR) is 64.6 cm³/mol. The summed E-state index contributed by atoms with van der Waals surface area (Å²) in [6.45, 7) is 5.97. The Morgan fingerprint density at radius 2 is 2.07 bits per heavy atom. The molecule has 0 aromatic carbocycles. The van der Waals surface area contributed by atoms with Gasteiger partial charge in [0.15, 0.2) is 0 Å². The molecule has 0 bridgehead atoms. The van der Waals surface area contributed by atoms with Crippen molar-refractivity contribution < 1.29 is 8.95 Å². The second-order valence-electron chi connectivity index (χ2n) is 4.35. The molecular formula is C11H23NO2S. The zero-order chi connectivity index (χ0) is 11.1. The number of nitrogens with one attached hydrogen (secondary N) is 1. The predicted octanol–water partition coefficient (Wildman–Crippen LogP) is 1.30. The van der Waals surface area contributed by atoms with Crippen LogP contribution in [0.5, 0.6) is 0 Å². The molecule has 1 aliphatic rings. The molecule has 0 aromatic heterocycles. The van der Waals surface area contributed by atoms with Gasteiger partial charge in [0, 0.05) is 35.0 Å². The Labute approximate surface area is 95.4 Å². The molecule has 0 amide bonds. The number of hydrogen-bond donors (Lipinski definition) is 1. The van der Waals surface area contributed by atoms with Gasteiger partial charge in [0.2, 0.25) is 0 Å². The van der Waals surface area contributed by atoms with Crippen LogP contribution in [0.2, 0.25) is 0 Å². The lowest BCUT2D eigenvalue weighted by Gasteiger charge is -2.22. The molecule has 0 spiro atoms. The highest BCUT2D eigenvalue weighted by molar-refractivity contribution is 7.85.